The van der Waals surface area contributed by atoms with E-state index in [0.29, 0.717) is 19.6 Å². The van der Waals surface area contributed by atoms with Crippen LogP contribution in [0.2, 0.25) is 0 Å². The van der Waals surface area contributed by atoms with Crippen LogP contribution in [0.25, 0.3) is 0 Å². The number of rotatable bonds is 8. The third kappa shape index (κ3) is 6.16. The minimum atomic E-state index is -0.0112. The van der Waals surface area contributed by atoms with Gasteiger partial charge in [-0.15, -0.1) is 0 Å². The molecule has 1 N–H and O–H groups in total. The third-order valence-electron chi connectivity index (χ3n) is 3.63. The summed E-state index contributed by atoms with van der Waals surface area (Å²) in [5.41, 5.74) is 1.15. The average molecular weight is 314 g/mol. The Bertz CT molecular complexity index is 566. The molecule has 5 heteroatoms. The van der Waals surface area contributed by atoms with Crippen LogP contribution in [0.3, 0.4) is 0 Å². The number of likely N-dealkylation sites (N-methyl/N-ethyl adjacent to an activating group) is 1. The molecular weight excluding hydrogens is 288 g/mol. The highest BCUT2D eigenvalue weighted by molar-refractivity contribution is 5.74. The Balaban J connectivity index is 1.87. The first-order valence-electron chi connectivity index (χ1n) is 7.97. The molecule has 1 heterocycles. The van der Waals surface area contributed by atoms with E-state index in [0.717, 1.165) is 18.7 Å². The first-order chi connectivity index (χ1) is 11.1. The van der Waals surface area contributed by atoms with Gasteiger partial charge in [0.05, 0.1) is 0 Å². The van der Waals surface area contributed by atoms with E-state index in [1.807, 2.05) is 61.7 Å². The van der Waals surface area contributed by atoms with Crippen LogP contribution >= 0.6 is 0 Å². The third-order valence-corrected chi connectivity index (χ3v) is 3.63. The van der Waals surface area contributed by atoms with Crippen LogP contribution in [0.5, 0.6) is 0 Å². The minimum Gasteiger partial charge on any atom is -0.353 e. The van der Waals surface area contributed by atoms with Crippen LogP contribution in [0, 0.1) is 0 Å². The molecule has 0 bridgehead atoms. The van der Waals surface area contributed by atoms with Crippen LogP contribution < -0.4 is 5.32 Å². The van der Waals surface area contributed by atoms with Gasteiger partial charge in [0.25, 0.3) is 0 Å². The van der Waals surface area contributed by atoms with E-state index in [1.54, 1.807) is 0 Å². The summed E-state index contributed by atoms with van der Waals surface area (Å²) in [7, 11) is 4.04. The van der Waals surface area contributed by atoms with Gasteiger partial charge in [-0.2, -0.15) is 0 Å². The Morgan fingerprint density at radius 3 is 2.39 bits per heavy atom. The van der Waals surface area contributed by atoms with Gasteiger partial charge in [-0.3, -0.25) is 0 Å². The number of amides is 2. The number of carbonyl (C=O) groups is 1. The molecule has 0 unspecified atom stereocenters. The first kappa shape index (κ1) is 17.1. The molecule has 0 radical (unpaired) electrons. The van der Waals surface area contributed by atoms with E-state index in [2.05, 4.69) is 26.9 Å². The molecule has 0 atom stereocenters. The fourth-order valence-electron chi connectivity index (χ4n) is 2.30. The Labute approximate surface area is 138 Å². The lowest BCUT2D eigenvalue weighted by atomic mass is 10.2. The van der Waals surface area contributed by atoms with E-state index in [1.165, 1.54) is 0 Å². The highest BCUT2D eigenvalue weighted by Crippen LogP contribution is 2.05. The molecule has 2 rings (SSSR count). The number of aromatic nitrogens is 1. The normalized spacial score (nSPS) is 10.7. The summed E-state index contributed by atoms with van der Waals surface area (Å²) in [6, 6.07) is 14.1. The van der Waals surface area contributed by atoms with Crippen molar-refractivity contribution in [1.29, 1.82) is 0 Å². The maximum absolute atomic E-state index is 12.5. The molecule has 0 aliphatic rings. The van der Waals surface area contributed by atoms with Crippen LogP contribution in [-0.4, -0.2) is 54.1 Å². The van der Waals surface area contributed by atoms with Gasteiger partial charge in [0.1, 0.15) is 0 Å². The molecule has 0 saturated heterocycles. The van der Waals surface area contributed by atoms with Crippen molar-refractivity contribution in [1.82, 2.24) is 19.7 Å². The Kier molecular flexibility index (Phi) is 6.69. The average Bonchev–Trinajstić information content (AvgIpc) is 3.05. The van der Waals surface area contributed by atoms with Crippen molar-refractivity contribution in [3.8, 4) is 0 Å². The molecule has 23 heavy (non-hydrogen) atoms. The van der Waals surface area contributed by atoms with Crippen molar-refractivity contribution < 1.29 is 4.79 Å². The second-order valence-electron chi connectivity index (χ2n) is 5.86. The Morgan fingerprint density at radius 2 is 1.74 bits per heavy atom. The fraction of sp³-hybridized carbons (Fsp3) is 0.389. The van der Waals surface area contributed by atoms with Crippen LogP contribution in [-0.2, 0) is 13.1 Å². The summed E-state index contributed by atoms with van der Waals surface area (Å²) >= 11 is 0. The number of benzene rings is 1. The van der Waals surface area contributed by atoms with Crippen molar-refractivity contribution >= 4 is 6.03 Å². The molecule has 2 aromatic rings. The number of hydrogen-bond donors (Lipinski definition) is 1. The summed E-state index contributed by atoms with van der Waals surface area (Å²) in [5, 5.41) is 3.01. The van der Waals surface area contributed by atoms with E-state index >= 15 is 0 Å². The summed E-state index contributed by atoms with van der Waals surface area (Å²) in [6.45, 7) is 3.59. The Morgan fingerprint density at radius 1 is 1.04 bits per heavy atom. The number of nitrogens with zero attached hydrogens (tertiary/aromatic N) is 3. The molecule has 0 aliphatic heterocycles. The smallest absolute Gasteiger partial charge is 0.317 e. The van der Waals surface area contributed by atoms with Gasteiger partial charge in [0.2, 0.25) is 0 Å². The maximum Gasteiger partial charge on any atom is 0.317 e. The van der Waals surface area contributed by atoms with E-state index in [4.69, 9.17) is 0 Å². The van der Waals surface area contributed by atoms with Crippen molar-refractivity contribution in [3.63, 3.8) is 0 Å². The number of hydrogen-bond acceptors (Lipinski definition) is 2. The van der Waals surface area contributed by atoms with Crippen molar-refractivity contribution in [3.05, 3.63) is 60.4 Å². The van der Waals surface area contributed by atoms with E-state index in [9.17, 15) is 4.79 Å². The zero-order valence-electron chi connectivity index (χ0n) is 14.0. The number of urea groups is 1. The maximum atomic E-state index is 12.5. The molecule has 0 saturated carbocycles. The van der Waals surface area contributed by atoms with Crippen LogP contribution in [0.15, 0.2) is 54.9 Å². The van der Waals surface area contributed by atoms with E-state index in [-0.39, 0.29) is 6.03 Å². The number of carbonyl (C=O) groups excluding carboxylic acids is 1. The van der Waals surface area contributed by atoms with Gasteiger partial charge in [-0.25, -0.2) is 4.79 Å². The fourth-order valence-corrected chi connectivity index (χ4v) is 2.30. The second kappa shape index (κ2) is 9.00. The van der Waals surface area contributed by atoms with Crippen molar-refractivity contribution in [2.75, 3.05) is 33.7 Å². The van der Waals surface area contributed by atoms with Gasteiger partial charge >= 0.3 is 6.03 Å². The van der Waals surface area contributed by atoms with Gasteiger partial charge < -0.3 is 19.7 Å². The lowest BCUT2D eigenvalue weighted by Crippen LogP contribution is -2.43. The van der Waals surface area contributed by atoms with Crippen LogP contribution in [0.4, 0.5) is 4.79 Å². The van der Waals surface area contributed by atoms with Crippen LogP contribution in [0.1, 0.15) is 5.56 Å². The summed E-state index contributed by atoms with van der Waals surface area (Å²) < 4.78 is 2.06. The molecule has 124 valence electrons. The number of nitrogens with one attached hydrogen (secondary N) is 1. The first-order valence-corrected chi connectivity index (χ1v) is 7.97. The molecule has 0 spiro atoms. The quantitative estimate of drug-likeness (QED) is 0.812. The largest absolute Gasteiger partial charge is 0.353 e. The van der Waals surface area contributed by atoms with E-state index < -0.39 is 0 Å². The second-order valence-corrected chi connectivity index (χ2v) is 5.86. The highest BCUT2D eigenvalue weighted by Gasteiger charge is 2.13. The van der Waals surface area contributed by atoms with Gasteiger partial charge in [0.15, 0.2) is 0 Å². The molecule has 1 aromatic carbocycles. The van der Waals surface area contributed by atoms with Gasteiger partial charge in [-0.05, 0) is 31.8 Å². The summed E-state index contributed by atoms with van der Waals surface area (Å²) in [4.78, 5) is 16.4. The minimum absolute atomic E-state index is 0.0112. The SMILES string of the molecule is CN(C)CCN(Cc1ccccc1)C(=O)NCCn1cccc1. The Hall–Kier alpha value is -2.27. The molecule has 0 fully saturated rings. The summed E-state index contributed by atoms with van der Waals surface area (Å²) in [6.07, 6.45) is 4.00. The highest BCUT2D eigenvalue weighted by atomic mass is 16.2. The molecule has 1 aromatic heterocycles. The predicted octanol–water partition coefficient (Wildman–Crippen LogP) is 2.26. The lowest BCUT2D eigenvalue weighted by molar-refractivity contribution is 0.188. The van der Waals surface area contributed by atoms with Crippen molar-refractivity contribution in [2.45, 2.75) is 13.1 Å². The molecule has 2 amide bonds. The zero-order valence-corrected chi connectivity index (χ0v) is 14.0. The topological polar surface area (TPSA) is 40.5 Å². The van der Waals surface area contributed by atoms with Crippen molar-refractivity contribution in [2.24, 2.45) is 0 Å². The molecule has 5 nitrogen and oxygen atoms in total. The standard InChI is InChI=1S/C18H26N4O/c1-20(2)14-15-22(16-17-8-4-3-5-9-17)18(23)19-10-13-21-11-6-7-12-21/h3-9,11-12H,10,13-16H2,1-2H3,(H,19,23). The van der Waals surface area contributed by atoms with Gasteiger partial charge in [0, 0.05) is 45.1 Å². The lowest BCUT2D eigenvalue weighted by Gasteiger charge is -2.25. The summed E-state index contributed by atoms with van der Waals surface area (Å²) in [5.74, 6) is 0. The predicted molar refractivity (Wildman–Crippen MR) is 93.2 cm³/mol. The monoisotopic (exact) mass is 314 g/mol. The zero-order chi connectivity index (χ0) is 16.5. The van der Waals surface area contributed by atoms with Gasteiger partial charge in [-0.1, -0.05) is 30.3 Å². The molecule has 0 aliphatic carbocycles. The molecular formula is C18H26N4O.